The Labute approximate surface area is 270 Å². The molecule has 0 spiro atoms. The van der Waals surface area contributed by atoms with Crippen molar-refractivity contribution >= 4 is 5.97 Å². The van der Waals surface area contributed by atoms with Gasteiger partial charge < -0.3 is 35.0 Å². The van der Waals surface area contributed by atoms with E-state index in [-0.39, 0.29) is 39.6 Å². The molecule has 0 amide bonds. The minimum absolute atomic E-state index is 0.0352. The minimum Gasteiger partial charge on any atom is -0.454 e. The Kier molecular flexibility index (Phi) is 9.58. The van der Waals surface area contributed by atoms with Crippen LogP contribution in [0.2, 0.25) is 0 Å². The number of ether oxygens (including phenoxy) is 2. The zero-order chi connectivity index (χ0) is 33.3. The number of rotatable bonds is 8. The number of esters is 1. The first-order valence-corrected chi connectivity index (χ1v) is 17.5. The molecule has 5 aliphatic rings. The van der Waals surface area contributed by atoms with Crippen LogP contribution >= 0.6 is 0 Å². The van der Waals surface area contributed by atoms with Crippen molar-refractivity contribution in [2.75, 3.05) is 6.61 Å². The monoisotopic (exact) mass is 632 g/mol. The van der Waals surface area contributed by atoms with Crippen molar-refractivity contribution in [2.24, 2.45) is 45.3 Å². The van der Waals surface area contributed by atoms with Crippen molar-refractivity contribution in [1.29, 1.82) is 0 Å². The smallest absolute Gasteiger partial charge is 0.309 e. The summed E-state index contributed by atoms with van der Waals surface area (Å²) in [6, 6.07) is 0. The van der Waals surface area contributed by atoms with Crippen LogP contribution in [-0.4, -0.2) is 74.9 Å². The lowest BCUT2D eigenvalue weighted by Gasteiger charge is -2.62. The molecule has 0 bridgehead atoms. The number of hydrogen-bond acceptors (Lipinski definition) is 8. The number of aliphatic hydroxyl groups excluding tert-OH is 5. The van der Waals surface area contributed by atoms with Gasteiger partial charge in [-0.15, -0.1) is 0 Å². The van der Waals surface area contributed by atoms with Gasteiger partial charge in [-0.1, -0.05) is 71.8 Å². The second-order valence-corrected chi connectivity index (χ2v) is 16.8. The molecule has 45 heavy (non-hydrogen) atoms. The van der Waals surface area contributed by atoms with Gasteiger partial charge in [0.05, 0.1) is 18.6 Å². The van der Waals surface area contributed by atoms with E-state index >= 15 is 0 Å². The highest BCUT2D eigenvalue weighted by Gasteiger charge is 2.64. The van der Waals surface area contributed by atoms with Gasteiger partial charge in [0.1, 0.15) is 18.3 Å². The Bertz CT molecular complexity index is 1180. The van der Waals surface area contributed by atoms with E-state index in [1.54, 1.807) is 11.1 Å². The van der Waals surface area contributed by atoms with Crippen LogP contribution in [0, 0.1) is 45.3 Å². The third-order valence-corrected chi connectivity index (χ3v) is 14.3. The Balaban J connectivity index is 1.45. The fourth-order valence-corrected chi connectivity index (χ4v) is 10.9. The van der Waals surface area contributed by atoms with Crippen molar-refractivity contribution < 1.29 is 39.8 Å². The quantitative estimate of drug-likeness (QED) is 0.185. The third kappa shape index (κ3) is 5.47. The zero-order valence-corrected chi connectivity index (χ0v) is 28.7. The van der Waals surface area contributed by atoms with Crippen LogP contribution in [0.15, 0.2) is 23.3 Å². The second kappa shape index (κ2) is 12.3. The van der Waals surface area contributed by atoms with E-state index in [1.807, 2.05) is 0 Å². The molecule has 0 unspecified atom stereocenters. The highest BCUT2D eigenvalue weighted by atomic mass is 16.7. The summed E-state index contributed by atoms with van der Waals surface area (Å²) in [5.74, 6) is -0.199. The van der Waals surface area contributed by atoms with E-state index in [2.05, 4.69) is 55.0 Å². The Hall–Kier alpha value is -1.29. The topological polar surface area (TPSA) is 137 Å². The lowest BCUT2D eigenvalue weighted by Crippen LogP contribution is -2.60. The van der Waals surface area contributed by atoms with Crippen molar-refractivity contribution in [3.8, 4) is 0 Å². The molecule has 8 heteroatoms. The van der Waals surface area contributed by atoms with Gasteiger partial charge in [-0.2, -0.15) is 0 Å². The zero-order valence-electron chi connectivity index (χ0n) is 28.7. The highest BCUT2D eigenvalue weighted by Crippen LogP contribution is 2.72. The predicted octanol–water partition coefficient (Wildman–Crippen LogP) is 5.05. The lowest BCUT2D eigenvalue weighted by atomic mass is 9.43. The Morgan fingerprint density at radius 1 is 0.956 bits per heavy atom. The normalized spacial score (nSPS) is 45.0. The molecule has 12 atom stereocenters. The van der Waals surface area contributed by atoms with Crippen LogP contribution in [0.3, 0.4) is 0 Å². The second-order valence-electron chi connectivity index (χ2n) is 16.8. The van der Waals surface area contributed by atoms with E-state index in [9.17, 15) is 30.3 Å². The van der Waals surface area contributed by atoms with Crippen molar-refractivity contribution in [3.63, 3.8) is 0 Å². The maximum absolute atomic E-state index is 14.2. The Morgan fingerprint density at radius 3 is 2.29 bits per heavy atom. The molecule has 0 aromatic heterocycles. The van der Waals surface area contributed by atoms with Gasteiger partial charge >= 0.3 is 5.97 Å². The standard InChI is InChI=1S/C37H60O8/c1-20(2)21(3)9-10-22(32(42)45-31-30(41)29(40)26(19-38)44-33(31)43)23-13-17-37(8)25-11-12-27-34(4,5)28(39)15-16-35(27,6)24(25)14-18-36(23,37)7/h20,22-23,26-31,33,38-41,43H,3,9-19H2,1-2,4-8H3/t22-,23-,26-,27+,28-,29-,30+,31-,33-,35-,36-,37+/m1/s1. The SMILES string of the molecule is C=C(CC[C@@H](C(=O)O[C@@H]1[C@@H](O)[C@H](O)[C@@H](CO)O[C@H]1O)[C@H]1CC[C@@]2(C)C3=C(CC[C@]12C)[C@@]1(C)CC[C@@H](O)C(C)(C)[C@@H]1CC3)C(C)C. The predicted molar refractivity (Wildman–Crippen MR) is 172 cm³/mol. The van der Waals surface area contributed by atoms with Gasteiger partial charge in [-0.3, -0.25) is 4.79 Å². The van der Waals surface area contributed by atoms with E-state index in [1.165, 1.54) is 0 Å². The van der Waals surface area contributed by atoms with E-state index < -0.39 is 49.2 Å². The Morgan fingerprint density at radius 2 is 1.64 bits per heavy atom. The molecular weight excluding hydrogens is 572 g/mol. The van der Waals surface area contributed by atoms with Crippen LogP contribution < -0.4 is 0 Å². The van der Waals surface area contributed by atoms with Gasteiger partial charge in [0.25, 0.3) is 0 Å². The summed E-state index contributed by atoms with van der Waals surface area (Å²) in [6.45, 7) is 19.7. The molecule has 0 aromatic rings. The number of allylic oxidation sites excluding steroid dienone is 3. The molecule has 0 radical (unpaired) electrons. The van der Waals surface area contributed by atoms with Crippen molar-refractivity contribution in [3.05, 3.63) is 23.3 Å². The summed E-state index contributed by atoms with van der Waals surface area (Å²) < 4.78 is 11.2. The summed E-state index contributed by atoms with van der Waals surface area (Å²) in [7, 11) is 0. The molecule has 0 aromatic carbocycles. The molecule has 256 valence electrons. The molecular formula is C37H60O8. The summed E-state index contributed by atoms with van der Waals surface area (Å²) in [4.78, 5) is 14.2. The molecule has 2 saturated carbocycles. The molecule has 1 heterocycles. The number of fused-ring (bicyclic) bond motifs is 4. The fourth-order valence-electron chi connectivity index (χ4n) is 10.9. The fraction of sp³-hybridized carbons (Fsp3) is 0.865. The molecule has 5 N–H and O–H groups in total. The van der Waals surface area contributed by atoms with E-state index in [4.69, 9.17) is 9.47 Å². The van der Waals surface area contributed by atoms with Crippen LogP contribution in [0.1, 0.15) is 113 Å². The number of carbonyl (C=O) groups is 1. The lowest BCUT2D eigenvalue weighted by molar-refractivity contribution is -0.292. The van der Waals surface area contributed by atoms with Crippen molar-refractivity contribution in [2.45, 2.75) is 149 Å². The minimum atomic E-state index is -1.66. The van der Waals surface area contributed by atoms with Gasteiger partial charge in [0.2, 0.25) is 0 Å². The third-order valence-electron chi connectivity index (χ3n) is 14.3. The highest BCUT2D eigenvalue weighted by molar-refractivity contribution is 5.73. The maximum Gasteiger partial charge on any atom is 0.309 e. The van der Waals surface area contributed by atoms with Crippen LogP contribution in [0.25, 0.3) is 0 Å². The van der Waals surface area contributed by atoms with Crippen molar-refractivity contribution in [1.82, 2.24) is 0 Å². The summed E-state index contributed by atoms with van der Waals surface area (Å²) in [5.41, 5.74) is 4.02. The average Bonchev–Trinajstić information content (AvgIpc) is 3.26. The molecule has 4 aliphatic carbocycles. The van der Waals surface area contributed by atoms with Crippen LogP contribution in [0.5, 0.6) is 0 Å². The number of aliphatic hydroxyl groups is 5. The first-order valence-electron chi connectivity index (χ1n) is 17.5. The van der Waals surface area contributed by atoms with E-state index in [0.717, 1.165) is 56.9 Å². The first kappa shape index (κ1) is 35.0. The first-order chi connectivity index (χ1) is 20.9. The van der Waals surface area contributed by atoms with Gasteiger partial charge in [0.15, 0.2) is 12.4 Å². The van der Waals surface area contributed by atoms with Gasteiger partial charge in [-0.25, -0.2) is 0 Å². The largest absolute Gasteiger partial charge is 0.454 e. The van der Waals surface area contributed by atoms with Crippen LogP contribution in [0.4, 0.5) is 0 Å². The van der Waals surface area contributed by atoms with Gasteiger partial charge in [0, 0.05) is 0 Å². The number of hydrogen-bond donors (Lipinski definition) is 5. The summed E-state index contributed by atoms with van der Waals surface area (Å²) in [5, 5.41) is 52.3. The molecule has 1 saturated heterocycles. The van der Waals surface area contributed by atoms with Gasteiger partial charge in [-0.05, 0) is 104 Å². The van der Waals surface area contributed by atoms with Crippen LogP contribution in [-0.2, 0) is 14.3 Å². The summed E-state index contributed by atoms with van der Waals surface area (Å²) in [6.07, 6.45) is 1.42. The molecule has 8 nitrogen and oxygen atoms in total. The average molecular weight is 633 g/mol. The molecule has 1 aliphatic heterocycles. The molecule has 5 rings (SSSR count). The summed E-state index contributed by atoms with van der Waals surface area (Å²) >= 11 is 0. The molecule has 3 fully saturated rings. The maximum atomic E-state index is 14.2. The number of carbonyl (C=O) groups excluding carboxylic acids is 1. The van der Waals surface area contributed by atoms with E-state index in [0.29, 0.717) is 18.8 Å².